The molecule has 1 aliphatic carbocycles. The van der Waals surface area contributed by atoms with E-state index in [0.29, 0.717) is 0 Å². The minimum Gasteiger partial charge on any atom is -0.468 e. The fourth-order valence-corrected chi connectivity index (χ4v) is 1.68. The van der Waals surface area contributed by atoms with Crippen molar-refractivity contribution in [3.8, 4) is 0 Å². The fourth-order valence-electron chi connectivity index (χ4n) is 1.68. The molecule has 0 aromatic carbocycles. The van der Waals surface area contributed by atoms with E-state index in [1.165, 1.54) is 24.9 Å². The first kappa shape index (κ1) is 11.8. The third kappa shape index (κ3) is 3.77. The fraction of sp³-hybridized carbons (Fsp3) is 0.800. The summed E-state index contributed by atoms with van der Waals surface area (Å²) in [6.07, 6.45) is 4.42. The first-order valence-corrected chi connectivity index (χ1v) is 5.22. The van der Waals surface area contributed by atoms with Gasteiger partial charge in [-0.1, -0.05) is 12.8 Å². The molecule has 5 nitrogen and oxygen atoms in total. The number of urea groups is 1. The first-order chi connectivity index (χ1) is 7.13. The average molecular weight is 214 g/mol. The van der Waals surface area contributed by atoms with Gasteiger partial charge in [-0.15, -0.1) is 0 Å². The maximum Gasteiger partial charge on any atom is 0.325 e. The number of rotatable bonds is 3. The number of likely N-dealkylation sites (N-methyl/N-ethyl adjacent to an activating group) is 1. The lowest BCUT2D eigenvalue weighted by Crippen LogP contribution is -2.44. The highest BCUT2D eigenvalue weighted by molar-refractivity contribution is 5.80. The van der Waals surface area contributed by atoms with Gasteiger partial charge in [0.05, 0.1) is 7.11 Å². The SMILES string of the molecule is COC(=O)CN(C)C(=O)NC1CCCC1. The monoisotopic (exact) mass is 214 g/mol. The van der Waals surface area contributed by atoms with Crippen LogP contribution in [0.1, 0.15) is 25.7 Å². The second kappa shape index (κ2) is 5.58. The highest BCUT2D eigenvalue weighted by atomic mass is 16.5. The Labute approximate surface area is 89.8 Å². The summed E-state index contributed by atoms with van der Waals surface area (Å²) in [4.78, 5) is 23.8. The third-order valence-electron chi connectivity index (χ3n) is 2.62. The van der Waals surface area contributed by atoms with Crippen LogP contribution < -0.4 is 5.32 Å². The molecule has 0 aromatic rings. The molecule has 0 aromatic heterocycles. The summed E-state index contributed by atoms with van der Waals surface area (Å²) in [5, 5.41) is 2.89. The predicted molar refractivity (Wildman–Crippen MR) is 55.4 cm³/mol. The van der Waals surface area contributed by atoms with E-state index in [-0.39, 0.29) is 18.6 Å². The van der Waals surface area contributed by atoms with Crippen LogP contribution in [-0.2, 0) is 9.53 Å². The van der Waals surface area contributed by atoms with Crippen molar-refractivity contribution in [3.05, 3.63) is 0 Å². The summed E-state index contributed by atoms with van der Waals surface area (Å²) in [6, 6.07) is 0.0740. The van der Waals surface area contributed by atoms with Crippen LogP contribution in [0.15, 0.2) is 0 Å². The third-order valence-corrected chi connectivity index (χ3v) is 2.62. The molecule has 0 atom stereocenters. The molecule has 0 heterocycles. The van der Waals surface area contributed by atoms with E-state index in [1.54, 1.807) is 7.05 Å². The molecular weight excluding hydrogens is 196 g/mol. The zero-order valence-electron chi connectivity index (χ0n) is 9.28. The number of nitrogens with one attached hydrogen (secondary N) is 1. The summed E-state index contributed by atoms with van der Waals surface area (Å²) in [6.45, 7) is -0.00491. The molecule has 0 radical (unpaired) electrons. The number of esters is 1. The van der Waals surface area contributed by atoms with Crippen molar-refractivity contribution in [2.45, 2.75) is 31.7 Å². The van der Waals surface area contributed by atoms with E-state index in [9.17, 15) is 9.59 Å². The molecule has 0 spiro atoms. The van der Waals surface area contributed by atoms with Gasteiger partial charge in [-0.05, 0) is 12.8 Å². The van der Waals surface area contributed by atoms with Crippen LogP contribution in [0, 0.1) is 0 Å². The second-order valence-corrected chi connectivity index (χ2v) is 3.86. The molecule has 0 saturated heterocycles. The molecule has 1 aliphatic rings. The Kier molecular flexibility index (Phi) is 4.39. The highest BCUT2D eigenvalue weighted by Gasteiger charge is 2.20. The Balaban J connectivity index is 2.28. The van der Waals surface area contributed by atoms with Gasteiger partial charge in [-0.3, -0.25) is 4.79 Å². The molecule has 1 saturated carbocycles. The zero-order chi connectivity index (χ0) is 11.3. The summed E-state index contributed by atoms with van der Waals surface area (Å²) >= 11 is 0. The molecule has 1 fully saturated rings. The van der Waals surface area contributed by atoms with Crippen LogP contribution >= 0.6 is 0 Å². The smallest absolute Gasteiger partial charge is 0.325 e. The predicted octanol–water partition coefficient (Wildman–Crippen LogP) is 0.743. The van der Waals surface area contributed by atoms with Gasteiger partial charge in [-0.25, -0.2) is 4.79 Å². The second-order valence-electron chi connectivity index (χ2n) is 3.86. The Bertz CT molecular complexity index is 237. The number of nitrogens with zero attached hydrogens (tertiary/aromatic N) is 1. The highest BCUT2D eigenvalue weighted by Crippen LogP contribution is 2.17. The van der Waals surface area contributed by atoms with E-state index < -0.39 is 5.97 Å². The molecule has 86 valence electrons. The number of methoxy groups -OCH3 is 1. The molecule has 5 heteroatoms. The standard InChI is InChI=1S/C10H18N2O3/c1-12(7-9(13)15-2)10(14)11-8-5-3-4-6-8/h8H,3-7H2,1-2H3,(H,11,14). The normalized spacial score (nSPS) is 16.1. The molecule has 2 amide bonds. The van der Waals surface area contributed by atoms with Crippen molar-refractivity contribution >= 4 is 12.0 Å². The number of carbonyl (C=O) groups is 2. The van der Waals surface area contributed by atoms with Crippen molar-refractivity contribution in [1.82, 2.24) is 10.2 Å². The number of amides is 2. The van der Waals surface area contributed by atoms with Gasteiger partial charge in [0.1, 0.15) is 6.54 Å². The zero-order valence-corrected chi connectivity index (χ0v) is 9.28. The molecule has 0 aliphatic heterocycles. The van der Waals surface area contributed by atoms with Crippen LogP contribution in [0.2, 0.25) is 0 Å². The minimum atomic E-state index is -0.404. The summed E-state index contributed by atoms with van der Waals surface area (Å²) in [7, 11) is 2.90. The van der Waals surface area contributed by atoms with Gasteiger partial charge in [0.2, 0.25) is 0 Å². The van der Waals surface area contributed by atoms with Crippen LogP contribution in [0.25, 0.3) is 0 Å². The van der Waals surface area contributed by atoms with Crippen molar-refractivity contribution in [3.63, 3.8) is 0 Å². The van der Waals surface area contributed by atoms with E-state index >= 15 is 0 Å². The molecule has 0 bridgehead atoms. The molecule has 15 heavy (non-hydrogen) atoms. The molecule has 0 unspecified atom stereocenters. The Morgan fingerprint density at radius 2 is 2.00 bits per heavy atom. The van der Waals surface area contributed by atoms with Crippen molar-refractivity contribution < 1.29 is 14.3 Å². The van der Waals surface area contributed by atoms with Crippen LogP contribution in [-0.4, -0.2) is 43.6 Å². The Hall–Kier alpha value is -1.26. The number of carbonyl (C=O) groups excluding carboxylic acids is 2. The first-order valence-electron chi connectivity index (χ1n) is 5.22. The summed E-state index contributed by atoms with van der Waals surface area (Å²) in [5.41, 5.74) is 0. The van der Waals surface area contributed by atoms with Crippen LogP contribution in [0.3, 0.4) is 0 Å². The van der Waals surface area contributed by atoms with E-state index in [4.69, 9.17) is 0 Å². The van der Waals surface area contributed by atoms with Gasteiger partial charge >= 0.3 is 12.0 Å². The average Bonchev–Trinajstić information content (AvgIpc) is 2.70. The number of ether oxygens (including phenoxy) is 1. The van der Waals surface area contributed by atoms with Gasteiger partial charge in [0.25, 0.3) is 0 Å². The topological polar surface area (TPSA) is 58.6 Å². The van der Waals surface area contributed by atoms with Crippen LogP contribution in [0.4, 0.5) is 4.79 Å². The van der Waals surface area contributed by atoms with E-state index in [2.05, 4.69) is 10.1 Å². The largest absolute Gasteiger partial charge is 0.468 e. The minimum absolute atomic E-state index is 0.00491. The number of hydrogen-bond donors (Lipinski definition) is 1. The Morgan fingerprint density at radius 3 is 2.53 bits per heavy atom. The van der Waals surface area contributed by atoms with Gasteiger partial charge in [-0.2, -0.15) is 0 Å². The van der Waals surface area contributed by atoms with Gasteiger partial charge in [0.15, 0.2) is 0 Å². The summed E-state index contributed by atoms with van der Waals surface area (Å²) in [5.74, 6) is -0.404. The lowest BCUT2D eigenvalue weighted by Gasteiger charge is -2.19. The number of hydrogen-bond acceptors (Lipinski definition) is 3. The summed E-state index contributed by atoms with van der Waals surface area (Å²) < 4.78 is 4.48. The quantitative estimate of drug-likeness (QED) is 0.705. The lowest BCUT2D eigenvalue weighted by atomic mass is 10.2. The van der Waals surface area contributed by atoms with Gasteiger partial charge in [0, 0.05) is 13.1 Å². The van der Waals surface area contributed by atoms with E-state index in [0.717, 1.165) is 12.8 Å². The van der Waals surface area contributed by atoms with Crippen LogP contribution in [0.5, 0.6) is 0 Å². The maximum atomic E-state index is 11.6. The molecular formula is C10H18N2O3. The van der Waals surface area contributed by atoms with Gasteiger partial charge < -0.3 is 15.0 Å². The lowest BCUT2D eigenvalue weighted by molar-refractivity contribution is -0.141. The van der Waals surface area contributed by atoms with Crippen molar-refractivity contribution in [2.24, 2.45) is 0 Å². The van der Waals surface area contributed by atoms with Crippen molar-refractivity contribution in [2.75, 3.05) is 20.7 Å². The molecule has 1 rings (SSSR count). The van der Waals surface area contributed by atoms with Crippen molar-refractivity contribution in [1.29, 1.82) is 0 Å². The maximum absolute atomic E-state index is 11.6. The van der Waals surface area contributed by atoms with E-state index in [1.807, 2.05) is 0 Å². The molecule has 1 N–H and O–H groups in total. The Morgan fingerprint density at radius 1 is 1.40 bits per heavy atom.